The number of hydrogen-bond acceptors (Lipinski definition) is 6. The van der Waals surface area contributed by atoms with Crippen LogP contribution in [0.5, 0.6) is 0 Å². The number of amides is 3. The molecule has 10 nitrogen and oxygen atoms in total. The summed E-state index contributed by atoms with van der Waals surface area (Å²) in [4.78, 5) is 33.7. The van der Waals surface area contributed by atoms with Crippen molar-refractivity contribution in [3.8, 4) is 0 Å². The molecular formula is C30H39N7O3. The van der Waals surface area contributed by atoms with Gasteiger partial charge in [-0.25, -0.2) is 9.78 Å². The Kier molecular flexibility index (Phi) is 8.35. The van der Waals surface area contributed by atoms with Crippen LogP contribution in [-0.2, 0) is 24.2 Å². The van der Waals surface area contributed by atoms with Crippen molar-refractivity contribution in [2.24, 2.45) is 0 Å². The maximum absolute atomic E-state index is 13.4. The zero-order chi connectivity index (χ0) is 28.2. The molecule has 2 aliphatic rings. The number of benzene rings is 1. The summed E-state index contributed by atoms with van der Waals surface area (Å²) < 4.78 is 7.91. The number of carbonyl (C=O) groups excluding carboxylic acids is 2. The molecule has 0 unspecified atom stereocenters. The lowest BCUT2D eigenvalue weighted by molar-refractivity contribution is 0.0147. The molecule has 212 valence electrons. The smallest absolute Gasteiger partial charge is 0.321 e. The van der Waals surface area contributed by atoms with Gasteiger partial charge in [-0.2, -0.15) is 5.10 Å². The molecule has 1 saturated heterocycles. The van der Waals surface area contributed by atoms with Crippen LogP contribution in [0, 0.1) is 0 Å². The second kappa shape index (κ2) is 12.1. The summed E-state index contributed by atoms with van der Waals surface area (Å²) in [6.45, 7) is 6.75. The number of urea groups is 1. The highest BCUT2D eigenvalue weighted by molar-refractivity contribution is 5.94. The molecule has 40 heavy (non-hydrogen) atoms. The van der Waals surface area contributed by atoms with E-state index in [1.807, 2.05) is 35.1 Å². The number of nitrogens with zero attached hydrogens (tertiary/aromatic N) is 5. The number of fused-ring (bicyclic) bond motifs is 1. The van der Waals surface area contributed by atoms with Gasteiger partial charge in [-0.15, -0.1) is 0 Å². The van der Waals surface area contributed by atoms with Crippen LogP contribution in [0.3, 0.4) is 0 Å². The normalized spacial score (nSPS) is 16.9. The molecule has 3 amide bonds. The first-order valence-electron chi connectivity index (χ1n) is 14.1. The van der Waals surface area contributed by atoms with Crippen LogP contribution in [0.15, 0.2) is 42.6 Å². The number of anilines is 2. The van der Waals surface area contributed by atoms with E-state index in [0.717, 1.165) is 60.6 Å². The summed E-state index contributed by atoms with van der Waals surface area (Å²) in [5, 5.41) is 10.6. The van der Waals surface area contributed by atoms with E-state index in [1.54, 1.807) is 14.1 Å². The highest BCUT2D eigenvalue weighted by Gasteiger charge is 2.29. The van der Waals surface area contributed by atoms with Crippen molar-refractivity contribution in [1.82, 2.24) is 25.0 Å². The van der Waals surface area contributed by atoms with Crippen LogP contribution in [0.1, 0.15) is 78.1 Å². The van der Waals surface area contributed by atoms with Crippen molar-refractivity contribution in [3.63, 3.8) is 0 Å². The molecule has 4 heterocycles. The van der Waals surface area contributed by atoms with Gasteiger partial charge in [0, 0.05) is 75.9 Å². The Labute approximate surface area is 235 Å². The molecule has 1 fully saturated rings. The van der Waals surface area contributed by atoms with Crippen LogP contribution in [0.25, 0.3) is 0 Å². The van der Waals surface area contributed by atoms with Crippen LogP contribution in [-0.4, -0.2) is 58.8 Å². The predicted molar refractivity (Wildman–Crippen MR) is 154 cm³/mol. The summed E-state index contributed by atoms with van der Waals surface area (Å²) in [5.74, 6) is 0.704. The summed E-state index contributed by atoms with van der Waals surface area (Å²) in [5.41, 5.74) is 5.30. The van der Waals surface area contributed by atoms with E-state index in [-0.39, 0.29) is 24.1 Å². The minimum absolute atomic E-state index is 0.135. The highest BCUT2D eigenvalue weighted by Crippen LogP contribution is 2.31. The van der Waals surface area contributed by atoms with Crippen molar-refractivity contribution in [2.45, 2.75) is 64.8 Å². The van der Waals surface area contributed by atoms with Crippen molar-refractivity contribution in [1.29, 1.82) is 0 Å². The first-order chi connectivity index (χ1) is 19.3. The van der Waals surface area contributed by atoms with E-state index in [1.165, 1.54) is 11.3 Å². The molecule has 3 aromatic rings. The summed E-state index contributed by atoms with van der Waals surface area (Å²) in [7, 11) is 3.38. The number of aromatic nitrogens is 3. The van der Waals surface area contributed by atoms with Gasteiger partial charge in [-0.3, -0.25) is 9.48 Å². The van der Waals surface area contributed by atoms with Gasteiger partial charge >= 0.3 is 6.03 Å². The first kappa shape index (κ1) is 27.6. The quantitative estimate of drug-likeness (QED) is 0.447. The van der Waals surface area contributed by atoms with Gasteiger partial charge in [0.05, 0.1) is 6.10 Å². The molecule has 0 saturated carbocycles. The fourth-order valence-corrected chi connectivity index (χ4v) is 5.24. The van der Waals surface area contributed by atoms with Gasteiger partial charge in [0.2, 0.25) is 0 Å². The molecule has 1 atom stereocenters. The average molecular weight is 546 g/mol. The molecule has 5 rings (SSSR count). The van der Waals surface area contributed by atoms with E-state index in [0.29, 0.717) is 24.5 Å². The monoisotopic (exact) mass is 545 g/mol. The van der Waals surface area contributed by atoms with Gasteiger partial charge in [-0.05, 0) is 62.4 Å². The van der Waals surface area contributed by atoms with E-state index in [4.69, 9.17) is 14.8 Å². The predicted octanol–water partition coefficient (Wildman–Crippen LogP) is 4.69. The topological polar surface area (TPSA) is 105 Å². The fourth-order valence-electron chi connectivity index (χ4n) is 5.24. The highest BCUT2D eigenvalue weighted by atomic mass is 16.5. The molecule has 1 aromatic carbocycles. The number of pyridine rings is 1. The Hall–Kier alpha value is -3.92. The fraction of sp³-hybridized carbons (Fsp3) is 0.467. The second-order valence-electron chi connectivity index (χ2n) is 11.0. The number of rotatable bonds is 7. The third kappa shape index (κ3) is 6.12. The third-order valence-electron chi connectivity index (χ3n) is 7.50. The third-order valence-corrected chi connectivity index (χ3v) is 7.50. The largest absolute Gasteiger partial charge is 0.373 e. The van der Waals surface area contributed by atoms with Crippen LogP contribution in [0.2, 0.25) is 0 Å². The molecule has 2 aliphatic heterocycles. The van der Waals surface area contributed by atoms with Gasteiger partial charge in [-0.1, -0.05) is 18.2 Å². The molecular weight excluding hydrogens is 506 g/mol. The molecule has 0 radical (unpaired) electrons. The Bertz CT molecular complexity index is 1330. The molecule has 2 N–H and O–H groups in total. The zero-order valence-electron chi connectivity index (χ0n) is 23.8. The molecule has 0 bridgehead atoms. The maximum Gasteiger partial charge on any atom is 0.321 e. The lowest BCUT2D eigenvalue weighted by atomic mass is 10.0. The van der Waals surface area contributed by atoms with E-state index < -0.39 is 0 Å². The Morgan fingerprint density at radius 2 is 1.93 bits per heavy atom. The minimum atomic E-state index is -0.194. The average Bonchev–Trinajstić information content (AvgIpc) is 3.36. The lowest BCUT2D eigenvalue weighted by Gasteiger charge is -2.30. The van der Waals surface area contributed by atoms with Crippen molar-refractivity contribution in [3.05, 3.63) is 70.7 Å². The zero-order valence-corrected chi connectivity index (χ0v) is 23.8. The Morgan fingerprint density at radius 3 is 2.58 bits per heavy atom. The van der Waals surface area contributed by atoms with Crippen LogP contribution >= 0.6 is 0 Å². The van der Waals surface area contributed by atoms with Gasteiger partial charge in [0.1, 0.15) is 5.82 Å². The van der Waals surface area contributed by atoms with Crippen LogP contribution in [0.4, 0.5) is 16.3 Å². The SMILES string of the molecule is CC(C)n1nc(C(=O)NCc2ccc(NC(=O)N(C)C)cc2)c2c1CCN(c1ccc([C@H]3CCCCO3)cn1)C2. The van der Waals surface area contributed by atoms with Gasteiger partial charge in [0.15, 0.2) is 5.69 Å². The summed E-state index contributed by atoms with van der Waals surface area (Å²) in [6, 6.07) is 11.6. The maximum atomic E-state index is 13.4. The second-order valence-corrected chi connectivity index (χ2v) is 11.0. The number of ether oxygens (including phenoxy) is 1. The first-order valence-corrected chi connectivity index (χ1v) is 14.1. The number of nitrogens with one attached hydrogen (secondary N) is 2. The van der Waals surface area contributed by atoms with Crippen molar-refractivity contribution in [2.75, 3.05) is 37.5 Å². The molecule has 10 heteroatoms. The van der Waals surface area contributed by atoms with E-state index in [2.05, 4.69) is 41.5 Å². The Balaban J connectivity index is 1.27. The van der Waals surface area contributed by atoms with E-state index >= 15 is 0 Å². The number of carbonyl (C=O) groups is 2. The molecule has 2 aromatic heterocycles. The van der Waals surface area contributed by atoms with Gasteiger partial charge < -0.3 is 25.2 Å². The van der Waals surface area contributed by atoms with Gasteiger partial charge in [0.25, 0.3) is 5.91 Å². The lowest BCUT2D eigenvalue weighted by Crippen LogP contribution is -2.33. The molecule has 0 spiro atoms. The Morgan fingerprint density at radius 1 is 1.12 bits per heavy atom. The van der Waals surface area contributed by atoms with Crippen LogP contribution < -0.4 is 15.5 Å². The summed E-state index contributed by atoms with van der Waals surface area (Å²) >= 11 is 0. The van der Waals surface area contributed by atoms with Crippen molar-refractivity contribution >= 4 is 23.4 Å². The minimum Gasteiger partial charge on any atom is -0.373 e. The number of hydrogen-bond donors (Lipinski definition) is 2. The standard InChI is InChI=1S/C30H39N7O3/c1-20(2)37-25-14-15-36(27-13-10-22(18-31-27)26-7-5-6-16-40-26)19-24(25)28(34-37)29(38)32-17-21-8-11-23(12-9-21)33-30(39)35(3)4/h8-13,18,20,26H,5-7,14-17,19H2,1-4H3,(H,32,38)(H,33,39)/t26-/m1/s1. The van der Waals surface area contributed by atoms with Crippen molar-refractivity contribution < 1.29 is 14.3 Å². The summed E-state index contributed by atoms with van der Waals surface area (Å²) in [6.07, 6.45) is 6.22. The molecule has 0 aliphatic carbocycles. The van der Waals surface area contributed by atoms with E-state index in [9.17, 15) is 9.59 Å².